The number of Topliss-reactive ketones (excluding diaryl/α,β-unsaturated/α-hetero) is 1. The fourth-order valence-corrected chi connectivity index (χ4v) is 1.96. The number of benzene rings is 1. The molecule has 0 spiro atoms. The van der Waals surface area contributed by atoms with E-state index in [1.807, 2.05) is 0 Å². The van der Waals surface area contributed by atoms with Crippen molar-refractivity contribution in [1.29, 1.82) is 0 Å². The largest absolute Gasteiger partial charge is 0.506 e. The van der Waals surface area contributed by atoms with Gasteiger partial charge in [0.25, 0.3) is 0 Å². The third kappa shape index (κ3) is 4.39. The smallest absolute Gasteiger partial charge is 0.339 e. The van der Waals surface area contributed by atoms with E-state index in [0.717, 1.165) is 32.1 Å². The maximum absolute atomic E-state index is 11.9. The lowest BCUT2D eigenvalue weighted by molar-refractivity contribution is 0.0693. The number of ketones is 1. The number of carbonyl (C=O) groups is 2. The number of unbranched alkanes of at least 4 members (excludes halogenated alkanes) is 4. The lowest BCUT2D eigenvalue weighted by atomic mass is 10.0. The molecular formula is C15H20O4. The average Bonchev–Trinajstić information content (AvgIpc) is 2.38. The van der Waals surface area contributed by atoms with Crippen LogP contribution in [0.4, 0.5) is 0 Å². The Bertz CT molecular complexity index is 451. The fraction of sp³-hybridized carbons (Fsp3) is 0.467. The van der Waals surface area contributed by atoms with E-state index < -0.39 is 11.7 Å². The van der Waals surface area contributed by atoms with E-state index in [4.69, 9.17) is 5.11 Å². The molecule has 104 valence electrons. The van der Waals surface area contributed by atoms with Gasteiger partial charge < -0.3 is 10.2 Å². The molecule has 0 aliphatic heterocycles. The Balaban J connectivity index is 2.62. The molecule has 4 heteroatoms. The van der Waals surface area contributed by atoms with E-state index >= 15 is 0 Å². The van der Waals surface area contributed by atoms with Gasteiger partial charge in [-0.3, -0.25) is 4.79 Å². The number of rotatable bonds is 8. The molecule has 0 unspecified atom stereocenters. The van der Waals surface area contributed by atoms with E-state index in [-0.39, 0.29) is 16.9 Å². The standard InChI is InChI=1S/C15H20O4/c1-2-3-4-5-6-10-13(16)11-8-7-9-12(14(11)17)15(18)19/h7-9,17H,2-6,10H2,1H3,(H,18,19). The zero-order chi connectivity index (χ0) is 14.3. The van der Waals surface area contributed by atoms with Crippen LogP contribution in [0.15, 0.2) is 18.2 Å². The maximum Gasteiger partial charge on any atom is 0.339 e. The summed E-state index contributed by atoms with van der Waals surface area (Å²) in [5, 5.41) is 18.6. The molecule has 0 bridgehead atoms. The molecule has 0 fully saturated rings. The molecule has 0 aliphatic rings. The van der Waals surface area contributed by atoms with Crippen molar-refractivity contribution in [2.75, 3.05) is 0 Å². The molecule has 4 nitrogen and oxygen atoms in total. The van der Waals surface area contributed by atoms with Crippen molar-refractivity contribution in [3.8, 4) is 5.75 Å². The molecule has 0 aromatic heterocycles. The predicted octanol–water partition coefficient (Wildman–Crippen LogP) is 3.63. The molecule has 19 heavy (non-hydrogen) atoms. The van der Waals surface area contributed by atoms with Gasteiger partial charge in [-0.1, -0.05) is 38.7 Å². The van der Waals surface area contributed by atoms with Gasteiger partial charge in [-0.05, 0) is 18.6 Å². The van der Waals surface area contributed by atoms with E-state index in [1.165, 1.54) is 18.2 Å². The van der Waals surface area contributed by atoms with Crippen molar-refractivity contribution in [2.24, 2.45) is 0 Å². The fourth-order valence-electron chi connectivity index (χ4n) is 1.96. The number of hydrogen-bond acceptors (Lipinski definition) is 3. The van der Waals surface area contributed by atoms with Crippen molar-refractivity contribution < 1.29 is 19.8 Å². The van der Waals surface area contributed by atoms with Crippen LogP contribution in [0.2, 0.25) is 0 Å². The zero-order valence-corrected chi connectivity index (χ0v) is 11.2. The molecular weight excluding hydrogens is 244 g/mol. The number of carboxylic acid groups (broad SMARTS) is 1. The maximum atomic E-state index is 11.9. The summed E-state index contributed by atoms with van der Waals surface area (Å²) in [7, 11) is 0. The van der Waals surface area contributed by atoms with Crippen molar-refractivity contribution >= 4 is 11.8 Å². The Hall–Kier alpha value is -1.84. The first-order valence-electron chi connectivity index (χ1n) is 6.66. The summed E-state index contributed by atoms with van der Waals surface area (Å²) >= 11 is 0. The van der Waals surface area contributed by atoms with Crippen LogP contribution in [0, 0.1) is 0 Å². The molecule has 1 aromatic carbocycles. The number of hydrogen-bond donors (Lipinski definition) is 2. The molecule has 2 N–H and O–H groups in total. The van der Waals surface area contributed by atoms with Crippen LogP contribution in [-0.2, 0) is 0 Å². The molecule has 0 saturated heterocycles. The van der Waals surface area contributed by atoms with Crippen molar-refractivity contribution in [3.63, 3.8) is 0 Å². The lowest BCUT2D eigenvalue weighted by Gasteiger charge is -2.06. The van der Waals surface area contributed by atoms with E-state index in [1.54, 1.807) is 0 Å². The van der Waals surface area contributed by atoms with Crippen LogP contribution in [0.1, 0.15) is 66.2 Å². The number of carboxylic acids is 1. The van der Waals surface area contributed by atoms with E-state index in [0.29, 0.717) is 6.42 Å². The van der Waals surface area contributed by atoms with Crippen LogP contribution < -0.4 is 0 Å². The van der Waals surface area contributed by atoms with Crippen molar-refractivity contribution in [1.82, 2.24) is 0 Å². The van der Waals surface area contributed by atoms with Gasteiger partial charge in [0.2, 0.25) is 0 Å². The summed E-state index contributed by atoms with van der Waals surface area (Å²) in [4.78, 5) is 22.8. The van der Waals surface area contributed by atoms with Gasteiger partial charge in [0.1, 0.15) is 11.3 Å². The van der Waals surface area contributed by atoms with Gasteiger partial charge in [-0.15, -0.1) is 0 Å². The van der Waals surface area contributed by atoms with Gasteiger partial charge in [0.15, 0.2) is 5.78 Å². The third-order valence-electron chi connectivity index (χ3n) is 3.07. The Kier molecular flexibility index (Phi) is 6.06. The highest BCUT2D eigenvalue weighted by Gasteiger charge is 2.17. The first-order chi connectivity index (χ1) is 9.07. The molecule has 0 amide bonds. The zero-order valence-electron chi connectivity index (χ0n) is 11.2. The van der Waals surface area contributed by atoms with E-state index in [2.05, 4.69) is 6.92 Å². The highest BCUT2D eigenvalue weighted by Crippen LogP contribution is 2.24. The molecule has 0 saturated carbocycles. The molecule has 0 aliphatic carbocycles. The minimum Gasteiger partial charge on any atom is -0.506 e. The summed E-state index contributed by atoms with van der Waals surface area (Å²) in [5.74, 6) is -1.85. The number of aromatic carboxylic acids is 1. The van der Waals surface area contributed by atoms with E-state index in [9.17, 15) is 14.7 Å². The summed E-state index contributed by atoms with van der Waals surface area (Å²) in [6.07, 6.45) is 5.52. The van der Waals surface area contributed by atoms with Crippen LogP contribution in [-0.4, -0.2) is 22.0 Å². The van der Waals surface area contributed by atoms with Crippen LogP contribution in [0.3, 0.4) is 0 Å². The topological polar surface area (TPSA) is 74.6 Å². The van der Waals surface area contributed by atoms with Crippen LogP contribution in [0.5, 0.6) is 5.75 Å². The SMILES string of the molecule is CCCCCCCC(=O)c1cccc(C(=O)O)c1O. The summed E-state index contributed by atoms with van der Waals surface area (Å²) < 4.78 is 0. The molecule has 0 atom stereocenters. The normalized spacial score (nSPS) is 10.4. The first-order valence-corrected chi connectivity index (χ1v) is 6.66. The number of phenols is 1. The van der Waals surface area contributed by atoms with Crippen LogP contribution in [0.25, 0.3) is 0 Å². The minimum atomic E-state index is -1.23. The Morgan fingerprint density at radius 3 is 2.32 bits per heavy atom. The molecule has 0 heterocycles. The quantitative estimate of drug-likeness (QED) is 0.555. The lowest BCUT2D eigenvalue weighted by Crippen LogP contribution is -2.04. The van der Waals surface area contributed by atoms with Gasteiger partial charge in [0, 0.05) is 6.42 Å². The summed E-state index contributed by atoms with van der Waals surface area (Å²) in [6, 6.07) is 4.24. The molecule has 1 rings (SSSR count). The molecule has 1 aromatic rings. The summed E-state index contributed by atoms with van der Waals surface area (Å²) in [6.45, 7) is 2.13. The van der Waals surface area contributed by atoms with Gasteiger partial charge >= 0.3 is 5.97 Å². The van der Waals surface area contributed by atoms with Crippen LogP contribution >= 0.6 is 0 Å². The third-order valence-corrected chi connectivity index (χ3v) is 3.07. The first kappa shape index (κ1) is 15.2. The van der Waals surface area contributed by atoms with Gasteiger partial charge in [-0.25, -0.2) is 4.79 Å². The van der Waals surface area contributed by atoms with Crippen molar-refractivity contribution in [3.05, 3.63) is 29.3 Å². The number of carbonyl (C=O) groups excluding carboxylic acids is 1. The molecule has 0 radical (unpaired) electrons. The second-order valence-electron chi connectivity index (χ2n) is 4.59. The number of para-hydroxylation sites is 1. The Labute approximate surface area is 113 Å². The monoisotopic (exact) mass is 264 g/mol. The van der Waals surface area contributed by atoms with Gasteiger partial charge in [-0.2, -0.15) is 0 Å². The highest BCUT2D eigenvalue weighted by atomic mass is 16.4. The Morgan fingerprint density at radius 2 is 1.68 bits per heavy atom. The second kappa shape index (κ2) is 7.56. The van der Waals surface area contributed by atoms with Gasteiger partial charge in [0.05, 0.1) is 5.56 Å². The number of aromatic hydroxyl groups is 1. The minimum absolute atomic E-state index is 0.107. The summed E-state index contributed by atoms with van der Waals surface area (Å²) in [5.41, 5.74) is -0.118. The second-order valence-corrected chi connectivity index (χ2v) is 4.59. The van der Waals surface area contributed by atoms with Crippen molar-refractivity contribution in [2.45, 2.75) is 45.4 Å². The Morgan fingerprint density at radius 1 is 1.05 bits per heavy atom. The highest BCUT2D eigenvalue weighted by molar-refractivity contribution is 6.02. The predicted molar refractivity (Wildman–Crippen MR) is 72.8 cm³/mol. The average molecular weight is 264 g/mol.